The molecule has 1 aromatic rings. The first kappa shape index (κ1) is 16.9. The van der Waals surface area contributed by atoms with Crippen LogP contribution >= 0.6 is 0 Å². The molecule has 0 unspecified atom stereocenters. The van der Waals surface area contributed by atoms with Crippen LogP contribution in [0.25, 0.3) is 0 Å². The van der Waals surface area contributed by atoms with Crippen molar-refractivity contribution in [2.45, 2.75) is 44.3 Å². The minimum Gasteiger partial charge on any atom is -0.258 e. The number of nitro benzene ring substituents is 1. The SMILES string of the molecule is O=[N+]([O-])c1ccccc1CS(=O)(=O)NCC1CCCCCC1. The van der Waals surface area contributed by atoms with E-state index in [-0.39, 0.29) is 17.0 Å². The lowest BCUT2D eigenvalue weighted by Gasteiger charge is -2.15. The lowest BCUT2D eigenvalue weighted by atomic mass is 10.0. The molecule has 1 fully saturated rings. The topological polar surface area (TPSA) is 89.3 Å². The van der Waals surface area contributed by atoms with Crippen molar-refractivity contribution >= 4 is 15.7 Å². The fourth-order valence-electron chi connectivity index (χ4n) is 2.88. The molecule has 0 spiro atoms. The molecule has 22 heavy (non-hydrogen) atoms. The van der Waals surface area contributed by atoms with Crippen molar-refractivity contribution in [3.63, 3.8) is 0 Å². The van der Waals surface area contributed by atoms with Crippen LogP contribution < -0.4 is 4.72 Å². The van der Waals surface area contributed by atoms with Gasteiger partial charge in [0.2, 0.25) is 10.0 Å². The normalized spacial score (nSPS) is 17.1. The highest BCUT2D eigenvalue weighted by Gasteiger charge is 2.21. The molecule has 0 aromatic heterocycles. The standard InChI is InChI=1S/C15H22N2O4S/c18-17(19)15-10-6-5-9-14(15)12-22(20,21)16-11-13-7-3-1-2-4-8-13/h5-6,9-10,13,16H,1-4,7-8,11-12H2. The highest BCUT2D eigenvalue weighted by Crippen LogP contribution is 2.23. The van der Waals surface area contributed by atoms with Gasteiger partial charge in [-0.05, 0) is 18.8 Å². The van der Waals surface area contributed by atoms with Crippen LogP contribution in [-0.2, 0) is 15.8 Å². The number of sulfonamides is 1. The first-order valence-electron chi connectivity index (χ1n) is 7.67. The third kappa shape index (κ3) is 5.06. The third-order valence-electron chi connectivity index (χ3n) is 4.10. The van der Waals surface area contributed by atoms with E-state index in [9.17, 15) is 18.5 Å². The summed E-state index contributed by atoms with van der Waals surface area (Å²) in [6.45, 7) is 0.433. The maximum atomic E-state index is 12.2. The Labute approximate surface area is 131 Å². The van der Waals surface area contributed by atoms with Crippen LogP contribution in [-0.4, -0.2) is 19.9 Å². The molecule has 2 rings (SSSR count). The Bertz CT molecular complexity index is 608. The van der Waals surface area contributed by atoms with Gasteiger partial charge in [-0.3, -0.25) is 10.1 Å². The molecule has 0 heterocycles. The van der Waals surface area contributed by atoms with Crippen LogP contribution in [0, 0.1) is 16.0 Å². The first-order chi connectivity index (χ1) is 10.5. The Morgan fingerprint density at radius 3 is 2.41 bits per heavy atom. The van der Waals surface area contributed by atoms with Gasteiger partial charge in [-0.25, -0.2) is 13.1 Å². The number of hydrogen-bond acceptors (Lipinski definition) is 4. The second kappa shape index (κ2) is 7.69. The van der Waals surface area contributed by atoms with Gasteiger partial charge in [0.15, 0.2) is 0 Å². The third-order valence-corrected chi connectivity index (χ3v) is 5.40. The molecule has 1 aliphatic rings. The Morgan fingerprint density at radius 1 is 1.14 bits per heavy atom. The molecule has 122 valence electrons. The minimum atomic E-state index is -3.56. The van der Waals surface area contributed by atoms with Gasteiger partial charge < -0.3 is 0 Å². The van der Waals surface area contributed by atoms with Gasteiger partial charge in [0.1, 0.15) is 0 Å². The van der Waals surface area contributed by atoms with E-state index >= 15 is 0 Å². The molecule has 0 atom stereocenters. The average Bonchev–Trinajstić information content (AvgIpc) is 2.74. The molecule has 1 N–H and O–H groups in total. The minimum absolute atomic E-state index is 0.151. The van der Waals surface area contributed by atoms with Gasteiger partial charge in [0.25, 0.3) is 5.69 Å². The van der Waals surface area contributed by atoms with Gasteiger partial charge in [-0.1, -0.05) is 43.9 Å². The number of rotatable bonds is 6. The van der Waals surface area contributed by atoms with Gasteiger partial charge in [-0.2, -0.15) is 0 Å². The lowest BCUT2D eigenvalue weighted by Crippen LogP contribution is -2.30. The van der Waals surface area contributed by atoms with E-state index in [2.05, 4.69) is 4.72 Å². The summed E-state index contributed by atoms with van der Waals surface area (Å²) in [5, 5.41) is 10.9. The van der Waals surface area contributed by atoms with E-state index in [0.29, 0.717) is 12.5 Å². The van der Waals surface area contributed by atoms with Crippen molar-refractivity contribution in [3.05, 3.63) is 39.9 Å². The van der Waals surface area contributed by atoms with E-state index in [1.54, 1.807) is 6.07 Å². The molecule has 0 bridgehead atoms. The summed E-state index contributed by atoms with van der Waals surface area (Å²) in [5.41, 5.74) is 0.0724. The summed E-state index contributed by atoms with van der Waals surface area (Å²) in [7, 11) is -3.56. The van der Waals surface area contributed by atoms with Crippen molar-refractivity contribution < 1.29 is 13.3 Å². The predicted molar refractivity (Wildman–Crippen MR) is 84.9 cm³/mol. The Balaban J connectivity index is 1.97. The molecule has 1 saturated carbocycles. The van der Waals surface area contributed by atoms with Crippen molar-refractivity contribution in [3.8, 4) is 0 Å². The van der Waals surface area contributed by atoms with Crippen LogP contribution in [0.2, 0.25) is 0 Å². The molecule has 0 saturated heterocycles. The second-order valence-corrected chi connectivity index (χ2v) is 7.66. The van der Waals surface area contributed by atoms with Crippen LogP contribution in [0.3, 0.4) is 0 Å². The van der Waals surface area contributed by atoms with Crippen LogP contribution in [0.4, 0.5) is 5.69 Å². The summed E-state index contributed by atoms with van der Waals surface area (Å²) in [4.78, 5) is 10.4. The zero-order valence-electron chi connectivity index (χ0n) is 12.5. The maximum Gasteiger partial charge on any atom is 0.273 e. The molecule has 7 heteroatoms. The summed E-state index contributed by atoms with van der Waals surface area (Å²) >= 11 is 0. The highest BCUT2D eigenvalue weighted by molar-refractivity contribution is 7.88. The van der Waals surface area contributed by atoms with Gasteiger partial charge in [0.05, 0.1) is 10.7 Å². The molecule has 1 aromatic carbocycles. The largest absolute Gasteiger partial charge is 0.273 e. The quantitative estimate of drug-likeness (QED) is 0.494. The lowest BCUT2D eigenvalue weighted by molar-refractivity contribution is -0.385. The van der Waals surface area contributed by atoms with E-state index < -0.39 is 14.9 Å². The highest BCUT2D eigenvalue weighted by atomic mass is 32.2. The molecule has 1 aliphatic carbocycles. The van der Waals surface area contributed by atoms with E-state index in [4.69, 9.17) is 0 Å². The van der Waals surface area contributed by atoms with Crippen LogP contribution in [0.5, 0.6) is 0 Å². The smallest absolute Gasteiger partial charge is 0.258 e. The van der Waals surface area contributed by atoms with Crippen molar-refractivity contribution in [2.24, 2.45) is 5.92 Å². The van der Waals surface area contributed by atoms with Gasteiger partial charge >= 0.3 is 0 Å². The van der Waals surface area contributed by atoms with E-state index in [1.807, 2.05) is 0 Å². The fraction of sp³-hybridized carbons (Fsp3) is 0.600. The van der Waals surface area contributed by atoms with Crippen molar-refractivity contribution in [2.75, 3.05) is 6.54 Å². The van der Waals surface area contributed by atoms with Gasteiger partial charge in [-0.15, -0.1) is 0 Å². The summed E-state index contributed by atoms with van der Waals surface area (Å²) in [6.07, 6.45) is 6.84. The summed E-state index contributed by atoms with van der Waals surface area (Å²) in [6, 6.07) is 5.97. The zero-order valence-corrected chi connectivity index (χ0v) is 13.3. The fourth-order valence-corrected chi connectivity index (χ4v) is 4.12. The van der Waals surface area contributed by atoms with Crippen LogP contribution in [0.15, 0.2) is 24.3 Å². The predicted octanol–water partition coefficient (Wildman–Crippen LogP) is 2.98. The first-order valence-corrected chi connectivity index (χ1v) is 9.33. The van der Waals surface area contributed by atoms with E-state index in [1.165, 1.54) is 31.0 Å². The Morgan fingerprint density at radius 2 is 1.77 bits per heavy atom. The number of hydrogen-bond donors (Lipinski definition) is 1. The monoisotopic (exact) mass is 326 g/mol. The number of nitrogens with one attached hydrogen (secondary N) is 1. The Hall–Kier alpha value is -1.47. The molecule has 0 amide bonds. The van der Waals surface area contributed by atoms with Crippen LogP contribution in [0.1, 0.15) is 44.1 Å². The number of nitro groups is 1. The molecular formula is C15H22N2O4S. The molecular weight excluding hydrogens is 304 g/mol. The second-order valence-electron chi connectivity index (χ2n) is 5.85. The van der Waals surface area contributed by atoms with Gasteiger partial charge in [0, 0.05) is 18.2 Å². The van der Waals surface area contributed by atoms with Crippen molar-refractivity contribution in [1.82, 2.24) is 4.72 Å². The summed E-state index contributed by atoms with van der Waals surface area (Å²) in [5.74, 6) is 0.0275. The Kier molecular flexibility index (Phi) is 5.90. The zero-order chi connectivity index (χ0) is 16.0. The molecule has 0 aliphatic heterocycles. The van der Waals surface area contributed by atoms with Crippen molar-refractivity contribution in [1.29, 1.82) is 0 Å². The molecule has 0 radical (unpaired) electrons. The average molecular weight is 326 g/mol. The number of nitrogens with zero attached hydrogens (tertiary/aromatic N) is 1. The van der Waals surface area contributed by atoms with E-state index in [0.717, 1.165) is 25.7 Å². The number of para-hydroxylation sites is 1. The molecule has 6 nitrogen and oxygen atoms in total. The number of benzene rings is 1. The maximum absolute atomic E-state index is 12.2. The summed E-state index contributed by atoms with van der Waals surface area (Å²) < 4.78 is 27.0.